The lowest BCUT2D eigenvalue weighted by atomic mass is 10.0. The van der Waals surface area contributed by atoms with Gasteiger partial charge in [0, 0.05) is 6.42 Å². The van der Waals surface area contributed by atoms with Gasteiger partial charge < -0.3 is 9.64 Å². The van der Waals surface area contributed by atoms with Gasteiger partial charge in [0.25, 0.3) is 0 Å². The Balaban J connectivity index is 3.99. The zero-order valence-electron chi connectivity index (χ0n) is 28.4. The van der Waals surface area contributed by atoms with E-state index in [0.717, 1.165) is 25.8 Å². The van der Waals surface area contributed by atoms with Crippen LogP contribution in [0.4, 0.5) is 0 Å². The number of carbonyl (C=O) groups is 1. The first kappa shape index (κ1) is 39.9. The van der Waals surface area contributed by atoms with E-state index in [1.54, 1.807) is 0 Å². The predicted octanol–water partition coefficient (Wildman–Crippen LogP) is 12.1. The van der Waals surface area contributed by atoms with Gasteiger partial charge in [-0.3, -0.25) is 4.79 Å². The summed E-state index contributed by atoms with van der Waals surface area (Å²) in [6.07, 6.45) is 43.3. The third kappa shape index (κ3) is 33.3. The van der Waals surface area contributed by atoms with E-state index in [9.17, 15) is 4.79 Å². The lowest BCUT2D eigenvalue weighted by molar-refractivity contribution is -0.150. The number of hydrogen-bond acceptors (Lipinski definition) is 3. The Morgan fingerprint density at radius 1 is 0.537 bits per heavy atom. The molecule has 0 aliphatic rings. The number of carbonyl (C=O) groups excluding carboxylic acids is 1. The molecule has 0 saturated carbocycles. The molecule has 0 saturated heterocycles. The molecule has 0 spiro atoms. The van der Waals surface area contributed by atoms with E-state index in [2.05, 4.69) is 57.1 Å². The third-order valence-corrected chi connectivity index (χ3v) is 8.11. The van der Waals surface area contributed by atoms with Crippen LogP contribution in [0.5, 0.6) is 0 Å². The molecule has 3 heteroatoms. The number of ether oxygens (including phenoxy) is 1. The summed E-state index contributed by atoms with van der Waals surface area (Å²) in [5, 5.41) is 0. The average molecular weight is 576 g/mol. The van der Waals surface area contributed by atoms with Gasteiger partial charge >= 0.3 is 5.97 Å². The Kier molecular flexibility index (Phi) is 32.5. The molecular weight excluding hydrogens is 502 g/mol. The number of nitrogens with zero attached hydrogens (tertiary/aromatic N) is 1. The second-order valence-corrected chi connectivity index (χ2v) is 12.7. The second-order valence-electron chi connectivity index (χ2n) is 12.7. The molecule has 0 aliphatic carbocycles. The predicted molar refractivity (Wildman–Crippen MR) is 183 cm³/mol. The fourth-order valence-electron chi connectivity index (χ4n) is 5.40. The molecule has 0 N–H and O–H groups in total. The first-order valence-electron chi connectivity index (χ1n) is 18.2. The highest BCUT2D eigenvalue weighted by Crippen LogP contribution is 2.18. The molecule has 0 rings (SSSR count). The summed E-state index contributed by atoms with van der Waals surface area (Å²) in [5.74, 6) is 0.0121. The van der Waals surface area contributed by atoms with Gasteiger partial charge in [0.15, 0.2) is 0 Å². The Labute approximate surface area is 258 Å². The van der Waals surface area contributed by atoms with Gasteiger partial charge in [-0.05, 0) is 104 Å². The zero-order valence-corrected chi connectivity index (χ0v) is 28.4. The standard InChI is InChI=1S/C38H73NO2/c1-5-7-9-11-13-15-17-19-21-23-25-27-29-31-34-37(41-38(40)35-32-36-39(3)4)33-30-28-26-24-22-20-18-16-14-12-10-8-6-2/h14-17,37H,5-13,18-36H2,1-4H3/b16-14-,17-15-. The quantitative estimate of drug-likeness (QED) is 0.0454. The van der Waals surface area contributed by atoms with Crippen LogP contribution in [0.25, 0.3) is 0 Å². The van der Waals surface area contributed by atoms with Crippen molar-refractivity contribution in [1.82, 2.24) is 4.90 Å². The van der Waals surface area contributed by atoms with Crippen molar-refractivity contribution < 1.29 is 9.53 Å². The topological polar surface area (TPSA) is 29.5 Å². The van der Waals surface area contributed by atoms with Crippen molar-refractivity contribution in [3.05, 3.63) is 24.3 Å². The largest absolute Gasteiger partial charge is 0.462 e. The summed E-state index contributed by atoms with van der Waals surface area (Å²) in [4.78, 5) is 14.6. The van der Waals surface area contributed by atoms with E-state index in [1.807, 2.05) is 0 Å². The van der Waals surface area contributed by atoms with Crippen LogP contribution in [0, 0.1) is 0 Å². The molecule has 0 aromatic rings. The Morgan fingerprint density at radius 2 is 0.902 bits per heavy atom. The molecule has 0 fully saturated rings. The molecule has 0 aromatic carbocycles. The monoisotopic (exact) mass is 576 g/mol. The molecule has 3 nitrogen and oxygen atoms in total. The first-order chi connectivity index (χ1) is 20.1. The third-order valence-electron chi connectivity index (χ3n) is 8.11. The van der Waals surface area contributed by atoms with Gasteiger partial charge in [0.05, 0.1) is 0 Å². The highest BCUT2D eigenvalue weighted by Gasteiger charge is 2.14. The Morgan fingerprint density at radius 3 is 1.34 bits per heavy atom. The second kappa shape index (κ2) is 33.4. The molecule has 0 radical (unpaired) electrons. The van der Waals surface area contributed by atoms with Crippen LogP contribution < -0.4 is 0 Å². The highest BCUT2D eigenvalue weighted by molar-refractivity contribution is 5.69. The van der Waals surface area contributed by atoms with E-state index < -0.39 is 0 Å². The molecule has 1 atom stereocenters. The summed E-state index contributed by atoms with van der Waals surface area (Å²) in [6, 6.07) is 0. The van der Waals surface area contributed by atoms with Crippen LogP contribution in [0.15, 0.2) is 24.3 Å². The SMILES string of the molecule is CCCCC/C=C\CCCCCCCCC(CCCCCCCC/C=C\CCCCCC)OC(=O)CCCN(C)C. The molecule has 1 unspecified atom stereocenters. The number of esters is 1. The molecule has 0 bridgehead atoms. The number of rotatable bonds is 32. The number of hydrogen-bond donors (Lipinski definition) is 0. The highest BCUT2D eigenvalue weighted by atomic mass is 16.5. The Hall–Kier alpha value is -1.09. The van der Waals surface area contributed by atoms with Gasteiger partial charge in [-0.25, -0.2) is 0 Å². The van der Waals surface area contributed by atoms with Crippen LogP contribution in [-0.4, -0.2) is 37.6 Å². The van der Waals surface area contributed by atoms with Crippen molar-refractivity contribution >= 4 is 5.97 Å². The molecule has 41 heavy (non-hydrogen) atoms. The average Bonchev–Trinajstić information content (AvgIpc) is 2.95. The van der Waals surface area contributed by atoms with Crippen molar-refractivity contribution in [3.8, 4) is 0 Å². The van der Waals surface area contributed by atoms with Gasteiger partial charge in [-0.15, -0.1) is 0 Å². The summed E-state index contributed by atoms with van der Waals surface area (Å²) >= 11 is 0. The van der Waals surface area contributed by atoms with Gasteiger partial charge in [-0.1, -0.05) is 122 Å². The molecule has 242 valence electrons. The first-order valence-corrected chi connectivity index (χ1v) is 18.2. The van der Waals surface area contributed by atoms with Crippen molar-refractivity contribution in [2.75, 3.05) is 20.6 Å². The molecule has 0 amide bonds. The van der Waals surface area contributed by atoms with Crippen LogP contribution in [0.1, 0.15) is 187 Å². The molecule has 0 aliphatic heterocycles. The van der Waals surface area contributed by atoms with Gasteiger partial charge in [0.2, 0.25) is 0 Å². The van der Waals surface area contributed by atoms with E-state index in [0.29, 0.717) is 6.42 Å². The Bertz CT molecular complexity index is 583. The molecule has 0 heterocycles. The lowest BCUT2D eigenvalue weighted by Gasteiger charge is -2.18. The maximum absolute atomic E-state index is 12.5. The maximum atomic E-state index is 12.5. The summed E-state index contributed by atoms with van der Waals surface area (Å²) in [7, 11) is 4.12. The van der Waals surface area contributed by atoms with Crippen LogP contribution in [0.2, 0.25) is 0 Å². The van der Waals surface area contributed by atoms with Crippen molar-refractivity contribution in [2.45, 2.75) is 193 Å². The normalized spacial score (nSPS) is 12.7. The van der Waals surface area contributed by atoms with Crippen LogP contribution in [-0.2, 0) is 9.53 Å². The van der Waals surface area contributed by atoms with Gasteiger partial charge in [0.1, 0.15) is 6.10 Å². The smallest absolute Gasteiger partial charge is 0.306 e. The molecular formula is C38H73NO2. The maximum Gasteiger partial charge on any atom is 0.306 e. The van der Waals surface area contributed by atoms with Crippen LogP contribution in [0.3, 0.4) is 0 Å². The van der Waals surface area contributed by atoms with E-state index in [4.69, 9.17) is 4.74 Å². The minimum absolute atomic E-state index is 0.0121. The fraction of sp³-hybridized carbons (Fsp3) is 0.868. The van der Waals surface area contributed by atoms with E-state index in [1.165, 1.54) is 148 Å². The van der Waals surface area contributed by atoms with E-state index >= 15 is 0 Å². The van der Waals surface area contributed by atoms with Crippen LogP contribution >= 0.6 is 0 Å². The number of unbranched alkanes of at least 4 members (excludes halogenated alkanes) is 19. The van der Waals surface area contributed by atoms with E-state index in [-0.39, 0.29) is 12.1 Å². The minimum atomic E-state index is 0.0121. The zero-order chi connectivity index (χ0) is 30.1. The number of allylic oxidation sites excluding steroid dienone is 4. The lowest BCUT2D eigenvalue weighted by Crippen LogP contribution is -2.20. The summed E-state index contributed by atoms with van der Waals surface area (Å²) < 4.78 is 5.98. The van der Waals surface area contributed by atoms with Crippen molar-refractivity contribution in [2.24, 2.45) is 0 Å². The van der Waals surface area contributed by atoms with Crippen molar-refractivity contribution in [3.63, 3.8) is 0 Å². The van der Waals surface area contributed by atoms with Crippen molar-refractivity contribution in [1.29, 1.82) is 0 Å². The minimum Gasteiger partial charge on any atom is -0.462 e. The summed E-state index contributed by atoms with van der Waals surface area (Å²) in [5.41, 5.74) is 0. The fourth-order valence-corrected chi connectivity index (χ4v) is 5.40. The summed E-state index contributed by atoms with van der Waals surface area (Å²) in [6.45, 7) is 5.49. The molecule has 0 aromatic heterocycles. The van der Waals surface area contributed by atoms with Gasteiger partial charge in [-0.2, -0.15) is 0 Å².